The van der Waals surface area contributed by atoms with Crippen molar-refractivity contribution in [3.63, 3.8) is 0 Å². The molecule has 0 radical (unpaired) electrons. The fourth-order valence-electron chi connectivity index (χ4n) is 11.9. The van der Waals surface area contributed by atoms with Gasteiger partial charge < -0.3 is 14.9 Å². The Bertz CT molecular complexity index is 986. The van der Waals surface area contributed by atoms with Crippen LogP contribution in [0.1, 0.15) is 106 Å². The Morgan fingerprint density at radius 3 is 2.22 bits per heavy atom. The molecule has 0 amide bonds. The largest absolute Gasteiger partial charge is 0.481 e. The van der Waals surface area contributed by atoms with Crippen LogP contribution in [0.5, 0.6) is 0 Å². The second kappa shape index (κ2) is 8.57. The van der Waals surface area contributed by atoms with Crippen molar-refractivity contribution in [3.8, 4) is 0 Å². The van der Waals surface area contributed by atoms with Crippen LogP contribution in [-0.2, 0) is 14.3 Å². The van der Waals surface area contributed by atoms with E-state index < -0.39 is 11.4 Å². The number of carboxylic acid groups (broad SMARTS) is 1. The van der Waals surface area contributed by atoms with Crippen LogP contribution in [-0.4, -0.2) is 34.9 Å². The summed E-state index contributed by atoms with van der Waals surface area (Å²) >= 11 is 0. The molecule has 10 unspecified atom stereocenters. The standard InChI is InChI=1S/C32H50O5/c1-19(2)21-10-15-31(27(35)36)16-17-32(18-37-20(3)33)22(26(21)31)8-9-24-29(6)13-12-25(34)28(4,5)23(29)11-14-30(24,32)7/h21-26,34H,1,8-18H2,2-7H3,(H,35,36). The minimum atomic E-state index is -0.685. The summed E-state index contributed by atoms with van der Waals surface area (Å²) in [5, 5.41) is 21.6. The predicted octanol–water partition coefficient (Wildman–Crippen LogP) is 6.63. The number of rotatable bonds is 4. The third-order valence-electron chi connectivity index (χ3n) is 13.7. The molecule has 0 saturated heterocycles. The third-order valence-corrected chi connectivity index (χ3v) is 13.7. The maximum absolute atomic E-state index is 12.9. The van der Waals surface area contributed by atoms with E-state index in [9.17, 15) is 19.8 Å². The Morgan fingerprint density at radius 2 is 1.59 bits per heavy atom. The molecule has 208 valence electrons. The summed E-state index contributed by atoms with van der Waals surface area (Å²) in [6, 6.07) is 0. The van der Waals surface area contributed by atoms with Crippen LogP contribution in [0.4, 0.5) is 0 Å². The molecule has 5 saturated carbocycles. The van der Waals surface area contributed by atoms with Crippen molar-refractivity contribution in [1.82, 2.24) is 0 Å². The van der Waals surface area contributed by atoms with Crippen molar-refractivity contribution in [3.05, 3.63) is 12.2 Å². The van der Waals surface area contributed by atoms with E-state index in [-0.39, 0.29) is 51.5 Å². The van der Waals surface area contributed by atoms with Crippen molar-refractivity contribution in [2.24, 2.45) is 56.7 Å². The number of esters is 1. The molecule has 0 aliphatic heterocycles. The number of hydrogen-bond acceptors (Lipinski definition) is 4. The van der Waals surface area contributed by atoms with Crippen molar-refractivity contribution >= 4 is 11.9 Å². The molecule has 5 fully saturated rings. The number of allylic oxidation sites excluding steroid dienone is 1. The first-order valence-electron chi connectivity index (χ1n) is 14.9. The number of fused-ring (bicyclic) bond motifs is 7. The minimum Gasteiger partial charge on any atom is -0.481 e. The number of hydrogen-bond donors (Lipinski definition) is 2. The minimum absolute atomic E-state index is 0.0398. The van der Waals surface area contributed by atoms with Gasteiger partial charge in [0.2, 0.25) is 0 Å². The molecule has 5 rings (SSSR count). The first-order valence-corrected chi connectivity index (χ1v) is 14.9. The molecule has 5 nitrogen and oxygen atoms in total. The maximum atomic E-state index is 12.9. The second-order valence-corrected chi connectivity index (χ2v) is 15.0. The van der Waals surface area contributed by atoms with Gasteiger partial charge in [-0.15, -0.1) is 0 Å². The van der Waals surface area contributed by atoms with Crippen molar-refractivity contribution in [1.29, 1.82) is 0 Å². The van der Waals surface area contributed by atoms with Gasteiger partial charge in [0.1, 0.15) is 0 Å². The molecule has 5 heteroatoms. The highest BCUT2D eigenvalue weighted by Gasteiger charge is 2.73. The van der Waals surface area contributed by atoms with Crippen LogP contribution >= 0.6 is 0 Å². The highest BCUT2D eigenvalue weighted by atomic mass is 16.5. The topological polar surface area (TPSA) is 83.8 Å². The van der Waals surface area contributed by atoms with Gasteiger partial charge in [0.25, 0.3) is 0 Å². The summed E-state index contributed by atoms with van der Waals surface area (Å²) in [7, 11) is 0. The summed E-state index contributed by atoms with van der Waals surface area (Å²) in [5.74, 6) is 0.546. The molecule has 37 heavy (non-hydrogen) atoms. The van der Waals surface area contributed by atoms with Crippen LogP contribution in [0.2, 0.25) is 0 Å². The van der Waals surface area contributed by atoms with Crippen LogP contribution in [0.15, 0.2) is 12.2 Å². The molecule has 0 aromatic rings. The van der Waals surface area contributed by atoms with E-state index in [4.69, 9.17) is 4.74 Å². The van der Waals surface area contributed by atoms with Gasteiger partial charge in [0.05, 0.1) is 18.1 Å². The summed E-state index contributed by atoms with van der Waals surface area (Å²) in [6.07, 6.45) is 8.95. The van der Waals surface area contributed by atoms with Gasteiger partial charge in [-0.3, -0.25) is 9.59 Å². The molecule has 2 N–H and O–H groups in total. The average molecular weight is 515 g/mol. The van der Waals surface area contributed by atoms with Crippen molar-refractivity contribution in [2.45, 2.75) is 112 Å². The lowest BCUT2D eigenvalue weighted by Crippen LogP contribution is -2.69. The molecular weight excluding hydrogens is 464 g/mol. The molecule has 0 aromatic carbocycles. The Kier molecular flexibility index (Phi) is 6.30. The number of carbonyl (C=O) groups is 2. The Labute approximate surface area is 223 Å². The lowest BCUT2D eigenvalue weighted by atomic mass is 9.32. The van der Waals surface area contributed by atoms with Crippen molar-refractivity contribution < 1.29 is 24.5 Å². The molecule has 5 aliphatic carbocycles. The van der Waals surface area contributed by atoms with Gasteiger partial charge in [-0.25, -0.2) is 0 Å². The van der Waals surface area contributed by atoms with Crippen LogP contribution < -0.4 is 0 Å². The van der Waals surface area contributed by atoms with Gasteiger partial charge in [-0.2, -0.15) is 0 Å². The van der Waals surface area contributed by atoms with Gasteiger partial charge >= 0.3 is 11.9 Å². The smallest absolute Gasteiger partial charge is 0.309 e. The van der Waals surface area contributed by atoms with E-state index in [1.165, 1.54) is 6.92 Å². The molecule has 10 atom stereocenters. The quantitative estimate of drug-likeness (QED) is 0.325. The zero-order valence-electron chi connectivity index (χ0n) is 24.1. The Hall–Kier alpha value is -1.36. The fraction of sp³-hybridized carbons (Fsp3) is 0.875. The van der Waals surface area contributed by atoms with E-state index in [1.54, 1.807) is 0 Å². The van der Waals surface area contributed by atoms with Crippen LogP contribution in [0.3, 0.4) is 0 Å². The predicted molar refractivity (Wildman–Crippen MR) is 144 cm³/mol. The molecular formula is C32H50O5. The first-order chi connectivity index (χ1) is 17.2. The molecule has 0 heterocycles. The second-order valence-electron chi connectivity index (χ2n) is 15.0. The van der Waals surface area contributed by atoms with E-state index in [0.29, 0.717) is 24.9 Å². The molecule has 0 spiro atoms. The number of ether oxygens (including phenoxy) is 1. The van der Waals surface area contributed by atoms with Gasteiger partial charge in [-0.1, -0.05) is 39.8 Å². The maximum Gasteiger partial charge on any atom is 0.309 e. The van der Waals surface area contributed by atoms with E-state index in [0.717, 1.165) is 63.4 Å². The van der Waals surface area contributed by atoms with Gasteiger partial charge in [0, 0.05) is 12.3 Å². The Morgan fingerprint density at radius 1 is 0.892 bits per heavy atom. The normalized spacial score (nSPS) is 50.1. The SMILES string of the molecule is C=C(C)C1CCC2(C(=O)O)CCC3(COC(C)=O)C(CCC4C5(C)CCC(O)C(C)(C)C5CCC43C)C12. The van der Waals surface area contributed by atoms with Crippen molar-refractivity contribution in [2.75, 3.05) is 6.61 Å². The zero-order valence-corrected chi connectivity index (χ0v) is 24.1. The summed E-state index contributed by atoms with van der Waals surface area (Å²) < 4.78 is 5.97. The molecule has 0 aromatic heterocycles. The number of carbonyl (C=O) groups excluding carboxylic acids is 1. The summed E-state index contributed by atoms with van der Waals surface area (Å²) in [6.45, 7) is 17.8. The van der Waals surface area contributed by atoms with E-state index in [2.05, 4.69) is 41.2 Å². The number of aliphatic hydroxyl groups is 1. The highest BCUT2D eigenvalue weighted by Crippen LogP contribution is 2.77. The molecule has 0 bridgehead atoms. The molecule has 5 aliphatic rings. The van der Waals surface area contributed by atoms with E-state index >= 15 is 0 Å². The summed E-state index contributed by atoms with van der Waals surface area (Å²) in [5.41, 5.74) is 0.168. The lowest BCUT2D eigenvalue weighted by Gasteiger charge is -2.73. The van der Waals surface area contributed by atoms with Crippen LogP contribution in [0, 0.1) is 56.7 Å². The number of carboxylic acids is 1. The fourth-order valence-corrected chi connectivity index (χ4v) is 11.9. The van der Waals surface area contributed by atoms with Gasteiger partial charge in [-0.05, 0) is 117 Å². The third kappa shape index (κ3) is 3.44. The van der Waals surface area contributed by atoms with Gasteiger partial charge in [0.15, 0.2) is 0 Å². The average Bonchev–Trinajstić information content (AvgIpc) is 3.22. The first kappa shape index (κ1) is 27.2. The number of aliphatic hydroxyl groups excluding tert-OH is 1. The number of aliphatic carboxylic acids is 1. The van der Waals surface area contributed by atoms with E-state index in [1.807, 2.05) is 0 Å². The zero-order chi connectivity index (χ0) is 27.2. The lowest BCUT2D eigenvalue weighted by molar-refractivity contribution is -0.263. The highest BCUT2D eigenvalue weighted by molar-refractivity contribution is 5.76. The van der Waals surface area contributed by atoms with Crippen LogP contribution in [0.25, 0.3) is 0 Å². The monoisotopic (exact) mass is 514 g/mol. The Balaban J connectivity index is 1.63. The summed E-state index contributed by atoms with van der Waals surface area (Å²) in [4.78, 5) is 25.2.